The summed E-state index contributed by atoms with van der Waals surface area (Å²) in [5.41, 5.74) is 6.99. The summed E-state index contributed by atoms with van der Waals surface area (Å²) >= 11 is 0. The third-order valence-corrected chi connectivity index (χ3v) is 5.71. The maximum Gasteiger partial charge on any atom is 0.0362 e. The first kappa shape index (κ1) is 14.3. The standard InChI is InChI=1S/C16H32N2/c1-12(2)14-6-7-18(9-14)16(11-17)10-15(4,5)8-13(16)3/h12-14H,6-11,17H2,1-5H3. The number of likely N-dealkylation sites (tertiary alicyclic amines) is 1. The average Bonchev–Trinajstić information content (AvgIpc) is 2.81. The molecular weight excluding hydrogens is 220 g/mol. The zero-order chi connectivity index (χ0) is 13.6. The van der Waals surface area contributed by atoms with Gasteiger partial charge in [0.1, 0.15) is 0 Å². The predicted molar refractivity (Wildman–Crippen MR) is 78.5 cm³/mol. The second-order valence-electron chi connectivity index (χ2n) is 7.99. The third-order valence-electron chi connectivity index (χ3n) is 5.71. The van der Waals surface area contributed by atoms with Crippen molar-refractivity contribution in [3.63, 3.8) is 0 Å². The van der Waals surface area contributed by atoms with Gasteiger partial charge in [-0.3, -0.25) is 4.90 Å². The maximum atomic E-state index is 6.24. The summed E-state index contributed by atoms with van der Waals surface area (Å²) in [5, 5.41) is 0. The van der Waals surface area contributed by atoms with E-state index >= 15 is 0 Å². The predicted octanol–water partition coefficient (Wildman–Crippen LogP) is 3.12. The van der Waals surface area contributed by atoms with Crippen molar-refractivity contribution >= 4 is 0 Å². The SMILES string of the molecule is CC(C)C1CCN(C2(CN)CC(C)(C)CC2C)C1. The molecule has 0 spiro atoms. The summed E-state index contributed by atoms with van der Waals surface area (Å²) in [6.07, 6.45) is 3.97. The second kappa shape index (κ2) is 4.79. The zero-order valence-corrected chi connectivity index (χ0v) is 13.0. The van der Waals surface area contributed by atoms with E-state index < -0.39 is 0 Å². The fourth-order valence-corrected chi connectivity index (χ4v) is 4.66. The molecule has 2 fully saturated rings. The summed E-state index contributed by atoms with van der Waals surface area (Å²) in [6.45, 7) is 15.4. The fourth-order valence-electron chi connectivity index (χ4n) is 4.66. The first-order valence-electron chi connectivity index (χ1n) is 7.76. The Bertz CT molecular complexity index is 297. The van der Waals surface area contributed by atoms with Crippen molar-refractivity contribution in [2.75, 3.05) is 19.6 Å². The number of hydrogen-bond donors (Lipinski definition) is 1. The van der Waals surface area contributed by atoms with E-state index in [1.54, 1.807) is 0 Å². The van der Waals surface area contributed by atoms with Gasteiger partial charge in [-0.05, 0) is 49.0 Å². The van der Waals surface area contributed by atoms with E-state index in [2.05, 4.69) is 39.5 Å². The molecule has 3 atom stereocenters. The van der Waals surface area contributed by atoms with Crippen molar-refractivity contribution < 1.29 is 0 Å². The van der Waals surface area contributed by atoms with Gasteiger partial charge in [-0.25, -0.2) is 0 Å². The van der Waals surface area contributed by atoms with Gasteiger partial charge in [0.2, 0.25) is 0 Å². The first-order valence-corrected chi connectivity index (χ1v) is 7.76. The minimum absolute atomic E-state index is 0.285. The lowest BCUT2D eigenvalue weighted by Gasteiger charge is -2.42. The van der Waals surface area contributed by atoms with E-state index in [4.69, 9.17) is 5.73 Å². The largest absolute Gasteiger partial charge is 0.329 e. The van der Waals surface area contributed by atoms with E-state index in [9.17, 15) is 0 Å². The molecule has 1 aliphatic heterocycles. The molecule has 2 N–H and O–H groups in total. The zero-order valence-electron chi connectivity index (χ0n) is 13.0. The molecule has 1 saturated carbocycles. The molecular formula is C16H32N2. The summed E-state index contributed by atoms with van der Waals surface area (Å²) in [7, 11) is 0. The maximum absolute atomic E-state index is 6.24. The molecule has 0 aromatic carbocycles. The van der Waals surface area contributed by atoms with E-state index in [0.29, 0.717) is 5.41 Å². The van der Waals surface area contributed by atoms with Crippen LogP contribution in [0.1, 0.15) is 53.9 Å². The molecule has 0 radical (unpaired) electrons. The van der Waals surface area contributed by atoms with Crippen LogP contribution in [-0.4, -0.2) is 30.1 Å². The first-order chi connectivity index (χ1) is 8.31. The normalized spacial score (nSPS) is 40.8. The van der Waals surface area contributed by atoms with Gasteiger partial charge in [0.05, 0.1) is 0 Å². The van der Waals surface area contributed by atoms with Crippen LogP contribution in [0.4, 0.5) is 0 Å². The van der Waals surface area contributed by atoms with Crippen LogP contribution in [0.2, 0.25) is 0 Å². The molecule has 18 heavy (non-hydrogen) atoms. The molecule has 2 rings (SSSR count). The fraction of sp³-hybridized carbons (Fsp3) is 1.00. The summed E-state index contributed by atoms with van der Waals surface area (Å²) < 4.78 is 0. The number of nitrogens with two attached hydrogens (primary N) is 1. The van der Waals surface area contributed by atoms with E-state index in [1.165, 1.54) is 32.4 Å². The smallest absolute Gasteiger partial charge is 0.0362 e. The lowest BCUT2D eigenvalue weighted by Crippen LogP contribution is -2.55. The topological polar surface area (TPSA) is 29.3 Å². The van der Waals surface area contributed by atoms with Gasteiger partial charge in [0, 0.05) is 18.6 Å². The van der Waals surface area contributed by atoms with E-state index in [0.717, 1.165) is 24.3 Å². The van der Waals surface area contributed by atoms with E-state index in [-0.39, 0.29) is 5.54 Å². The summed E-state index contributed by atoms with van der Waals surface area (Å²) in [5.74, 6) is 2.43. The molecule has 106 valence electrons. The Balaban J connectivity index is 2.15. The van der Waals surface area contributed by atoms with Crippen LogP contribution in [0, 0.1) is 23.2 Å². The van der Waals surface area contributed by atoms with Crippen molar-refractivity contribution in [3.8, 4) is 0 Å². The monoisotopic (exact) mass is 252 g/mol. The molecule has 1 aliphatic carbocycles. The molecule has 1 saturated heterocycles. The van der Waals surface area contributed by atoms with Gasteiger partial charge in [-0.15, -0.1) is 0 Å². The summed E-state index contributed by atoms with van der Waals surface area (Å²) in [6, 6.07) is 0. The Morgan fingerprint density at radius 2 is 2.00 bits per heavy atom. The van der Waals surface area contributed by atoms with Gasteiger partial charge in [0.15, 0.2) is 0 Å². The van der Waals surface area contributed by atoms with Crippen LogP contribution >= 0.6 is 0 Å². The molecule has 1 heterocycles. The molecule has 0 aromatic heterocycles. The lowest BCUT2D eigenvalue weighted by atomic mass is 9.84. The Morgan fingerprint density at radius 3 is 2.39 bits per heavy atom. The highest BCUT2D eigenvalue weighted by Crippen LogP contribution is 2.51. The number of hydrogen-bond acceptors (Lipinski definition) is 2. The average molecular weight is 252 g/mol. The van der Waals surface area contributed by atoms with Gasteiger partial charge in [0.25, 0.3) is 0 Å². The van der Waals surface area contributed by atoms with Crippen LogP contribution in [-0.2, 0) is 0 Å². The minimum atomic E-state index is 0.285. The Labute approximate surface area is 113 Å². The van der Waals surface area contributed by atoms with Crippen LogP contribution in [0.5, 0.6) is 0 Å². The van der Waals surface area contributed by atoms with Crippen LogP contribution in [0.3, 0.4) is 0 Å². The van der Waals surface area contributed by atoms with Crippen molar-refractivity contribution in [1.29, 1.82) is 0 Å². The molecule has 2 aliphatic rings. The van der Waals surface area contributed by atoms with Crippen LogP contribution < -0.4 is 5.73 Å². The van der Waals surface area contributed by atoms with Gasteiger partial charge >= 0.3 is 0 Å². The van der Waals surface area contributed by atoms with Crippen molar-refractivity contribution in [2.24, 2.45) is 28.9 Å². The van der Waals surface area contributed by atoms with Gasteiger partial charge in [-0.2, -0.15) is 0 Å². The number of rotatable bonds is 3. The molecule has 2 nitrogen and oxygen atoms in total. The Morgan fingerprint density at radius 1 is 1.33 bits per heavy atom. The highest BCUT2D eigenvalue weighted by molar-refractivity contribution is 5.07. The van der Waals surface area contributed by atoms with Gasteiger partial charge in [-0.1, -0.05) is 34.6 Å². The van der Waals surface area contributed by atoms with Crippen molar-refractivity contribution in [1.82, 2.24) is 4.90 Å². The molecule has 3 unspecified atom stereocenters. The van der Waals surface area contributed by atoms with Crippen molar-refractivity contribution in [3.05, 3.63) is 0 Å². The lowest BCUT2D eigenvalue weighted by molar-refractivity contribution is 0.0774. The van der Waals surface area contributed by atoms with E-state index in [1.807, 2.05) is 0 Å². The Hall–Kier alpha value is -0.0800. The molecule has 0 amide bonds. The minimum Gasteiger partial charge on any atom is -0.329 e. The highest BCUT2D eigenvalue weighted by atomic mass is 15.2. The third kappa shape index (κ3) is 2.34. The molecule has 2 heteroatoms. The second-order valence-corrected chi connectivity index (χ2v) is 7.99. The highest BCUT2D eigenvalue weighted by Gasteiger charge is 2.52. The summed E-state index contributed by atoms with van der Waals surface area (Å²) in [4.78, 5) is 2.75. The number of nitrogens with zero attached hydrogens (tertiary/aromatic N) is 1. The van der Waals surface area contributed by atoms with Crippen molar-refractivity contribution in [2.45, 2.75) is 59.4 Å². The molecule has 0 bridgehead atoms. The van der Waals surface area contributed by atoms with Gasteiger partial charge < -0.3 is 5.73 Å². The van der Waals surface area contributed by atoms with Crippen LogP contribution in [0.15, 0.2) is 0 Å². The Kier molecular flexibility index (Phi) is 3.81. The van der Waals surface area contributed by atoms with Crippen LogP contribution in [0.25, 0.3) is 0 Å². The quantitative estimate of drug-likeness (QED) is 0.836. The molecule has 0 aromatic rings.